The van der Waals surface area contributed by atoms with Gasteiger partial charge < -0.3 is 15.7 Å². The van der Waals surface area contributed by atoms with E-state index in [2.05, 4.69) is 15.5 Å². The number of likely N-dealkylation sites (tertiary alicyclic amines) is 1. The lowest BCUT2D eigenvalue weighted by molar-refractivity contribution is -0.137. The molecule has 0 unspecified atom stereocenters. The third-order valence-corrected chi connectivity index (χ3v) is 7.06. The Morgan fingerprint density at radius 3 is 2.42 bits per heavy atom. The molecule has 36 heavy (non-hydrogen) atoms. The first kappa shape index (κ1) is 26.1. The van der Waals surface area contributed by atoms with Crippen molar-refractivity contribution in [1.82, 2.24) is 15.5 Å². The van der Waals surface area contributed by atoms with Crippen LogP contribution in [-0.4, -0.2) is 59.6 Å². The Labute approximate surface area is 206 Å². The Balaban J connectivity index is 1.23. The fourth-order valence-corrected chi connectivity index (χ4v) is 5.15. The first-order valence-corrected chi connectivity index (χ1v) is 12.0. The highest BCUT2D eigenvalue weighted by Gasteiger charge is 2.37. The van der Waals surface area contributed by atoms with Crippen molar-refractivity contribution in [2.75, 3.05) is 19.6 Å². The summed E-state index contributed by atoms with van der Waals surface area (Å²) in [6, 6.07) is 10.4. The summed E-state index contributed by atoms with van der Waals surface area (Å²) >= 11 is 0. The Morgan fingerprint density at radius 2 is 1.72 bits per heavy atom. The molecule has 1 aliphatic heterocycles. The molecule has 2 aromatic rings. The zero-order valence-electron chi connectivity index (χ0n) is 19.6. The summed E-state index contributed by atoms with van der Waals surface area (Å²) < 4.78 is 52.1. The van der Waals surface area contributed by atoms with Gasteiger partial charge in [0.15, 0.2) is 0 Å². The fraction of sp³-hybridized carbons (Fsp3) is 0.462. The standard InChI is InChI=1S/C26H29F4N3O3/c27-20-6-2-3-17(12-20)16-7-9-21(10-8-16)33-14-22(23(34)15-33)32-24(35)13-31-25(36)18-4-1-5-19(11-18)26(28,29)30/h1-6,11-12,16,21-23,34H,7-10,13-15H2,(H,31,36)(H,32,35)/t16?,21?,22-,23+/m0/s1. The van der Waals surface area contributed by atoms with E-state index in [0.29, 0.717) is 19.0 Å². The maximum Gasteiger partial charge on any atom is 0.416 e. The molecule has 2 aliphatic rings. The number of hydrogen-bond acceptors (Lipinski definition) is 4. The van der Waals surface area contributed by atoms with Crippen molar-refractivity contribution in [1.29, 1.82) is 0 Å². The van der Waals surface area contributed by atoms with E-state index in [-0.39, 0.29) is 17.4 Å². The lowest BCUT2D eigenvalue weighted by Crippen LogP contribution is -2.47. The van der Waals surface area contributed by atoms with E-state index in [4.69, 9.17) is 0 Å². The largest absolute Gasteiger partial charge is 0.416 e. The fourth-order valence-electron chi connectivity index (χ4n) is 5.15. The number of aliphatic hydroxyl groups is 1. The number of benzene rings is 2. The van der Waals surface area contributed by atoms with Crippen LogP contribution in [-0.2, 0) is 11.0 Å². The molecule has 1 saturated carbocycles. The van der Waals surface area contributed by atoms with Gasteiger partial charge >= 0.3 is 6.18 Å². The van der Waals surface area contributed by atoms with Gasteiger partial charge in [-0.2, -0.15) is 13.2 Å². The third-order valence-electron chi connectivity index (χ3n) is 7.06. The van der Waals surface area contributed by atoms with E-state index in [1.54, 1.807) is 12.1 Å². The van der Waals surface area contributed by atoms with E-state index in [1.807, 2.05) is 6.07 Å². The number of β-amino-alcohol motifs (C(OH)–C–C–N with tert-alkyl or cyclic N) is 1. The number of amides is 2. The Morgan fingerprint density at radius 1 is 1.00 bits per heavy atom. The number of aliphatic hydroxyl groups excluding tert-OH is 1. The van der Waals surface area contributed by atoms with Gasteiger partial charge in [-0.1, -0.05) is 18.2 Å². The smallest absolute Gasteiger partial charge is 0.390 e. The number of carbonyl (C=O) groups excluding carboxylic acids is 2. The summed E-state index contributed by atoms with van der Waals surface area (Å²) in [4.78, 5) is 26.7. The van der Waals surface area contributed by atoms with Crippen molar-refractivity contribution >= 4 is 11.8 Å². The molecule has 194 valence electrons. The van der Waals surface area contributed by atoms with Crippen LogP contribution in [0.3, 0.4) is 0 Å². The third kappa shape index (κ3) is 6.41. The molecule has 0 bridgehead atoms. The van der Waals surface area contributed by atoms with Crippen LogP contribution in [0.25, 0.3) is 0 Å². The van der Waals surface area contributed by atoms with E-state index in [1.165, 1.54) is 12.1 Å². The van der Waals surface area contributed by atoms with Gasteiger partial charge in [0.2, 0.25) is 5.91 Å². The molecule has 0 spiro atoms. The minimum atomic E-state index is -4.57. The van der Waals surface area contributed by atoms with Crippen molar-refractivity contribution in [3.8, 4) is 0 Å². The molecule has 1 heterocycles. The van der Waals surface area contributed by atoms with Crippen molar-refractivity contribution in [2.24, 2.45) is 0 Å². The molecule has 2 amide bonds. The molecule has 10 heteroatoms. The van der Waals surface area contributed by atoms with Crippen LogP contribution in [0.1, 0.15) is 53.1 Å². The summed E-state index contributed by atoms with van der Waals surface area (Å²) in [5, 5.41) is 15.5. The highest BCUT2D eigenvalue weighted by molar-refractivity contribution is 5.96. The number of carbonyl (C=O) groups is 2. The molecule has 3 N–H and O–H groups in total. The van der Waals surface area contributed by atoms with Crippen LogP contribution >= 0.6 is 0 Å². The number of halogens is 4. The topological polar surface area (TPSA) is 81.7 Å². The van der Waals surface area contributed by atoms with Crippen molar-refractivity contribution < 1.29 is 32.3 Å². The Kier molecular flexibility index (Phi) is 7.94. The summed E-state index contributed by atoms with van der Waals surface area (Å²) in [6.07, 6.45) is -1.70. The van der Waals surface area contributed by atoms with Crippen molar-refractivity contribution in [3.05, 3.63) is 71.0 Å². The Bertz CT molecular complexity index is 1090. The summed E-state index contributed by atoms with van der Waals surface area (Å²) in [6.45, 7) is 0.456. The molecule has 0 radical (unpaired) electrons. The number of hydrogen-bond donors (Lipinski definition) is 3. The zero-order valence-corrected chi connectivity index (χ0v) is 19.6. The summed E-state index contributed by atoms with van der Waals surface area (Å²) in [7, 11) is 0. The average molecular weight is 508 g/mol. The van der Waals surface area contributed by atoms with Gasteiger partial charge in [-0.25, -0.2) is 4.39 Å². The maximum atomic E-state index is 13.5. The predicted molar refractivity (Wildman–Crippen MR) is 125 cm³/mol. The lowest BCUT2D eigenvalue weighted by atomic mass is 9.81. The molecule has 4 rings (SSSR count). The summed E-state index contributed by atoms with van der Waals surface area (Å²) in [5.74, 6) is -1.25. The summed E-state index contributed by atoms with van der Waals surface area (Å²) in [5.41, 5.74) is -0.135. The minimum absolute atomic E-state index is 0.196. The molecule has 1 aliphatic carbocycles. The van der Waals surface area contributed by atoms with E-state index in [0.717, 1.165) is 49.4 Å². The van der Waals surface area contributed by atoms with Gasteiger partial charge in [-0.05, 0) is 67.5 Å². The van der Waals surface area contributed by atoms with Crippen molar-refractivity contribution in [2.45, 2.75) is 56.0 Å². The monoisotopic (exact) mass is 507 g/mol. The molecule has 2 atom stereocenters. The zero-order chi connectivity index (χ0) is 25.9. The average Bonchev–Trinajstić information content (AvgIpc) is 3.22. The molecule has 2 fully saturated rings. The Hall–Kier alpha value is -2.98. The maximum absolute atomic E-state index is 13.5. The number of alkyl halides is 3. The molecular weight excluding hydrogens is 478 g/mol. The number of nitrogens with zero attached hydrogens (tertiary/aromatic N) is 1. The van der Waals surface area contributed by atoms with Gasteiger partial charge in [0.25, 0.3) is 5.91 Å². The second-order valence-corrected chi connectivity index (χ2v) is 9.52. The number of rotatable bonds is 6. The van der Waals surface area contributed by atoms with Gasteiger partial charge in [0.1, 0.15) is 5.82 Å². The second kappa shape index (κ2) is 11.0. The molecule has 1 saturated heterocycles. The molecule has 0 aromatic heterocycles. The highest BCUT2D eigenvalue weighted by atomic mass is 19.4. The minimum Gasteiger partial charge on any atom is -0.390 e. The van der Waals surface area contributed by atoms with Crippen LogP contribution in [0.4, 0.5) is 17.6 Å². The van der Waals surface area contributed by atoms with E-state index < -0.39 is 42.2 Å². The first-order chi connectivity index (χ1) is 17.1. The van der Waals surface area contributed by atoms with Gasteiger partial charge in [-0.3, -0.25) is 14.5 Å². The van der Waals surface area contributed by atoms with E-state index >= 15 is 0 Å². The van der Waals surface area contributed by atoms with E-state index in [9.17, 15) is 32.3 Å². The first-order valence-electron chi connectivity index (χ1n) is 12.0. The highest BCUT2D eigenvalue weighted by Crippen LogP contribution is 2.36. The molecule has 2 aromatic carbocycles. The van der Waals surface area contributed by atoms with Gasteiger partial charge in [0.05, 0.1) is 24.3 Å². The van der Waals surface area contributed by atoms with Crippen LogP contribution in [0.5, 0.6) is 0 Å². The SMILES string of the molecule is O=C(CNC(=O)c1cccc(C(F)(F)F)c1)N[C@H]1CN(C2CCC(c3cccc(F)c3)CC2)C[C@H]1O. The van der Waals surface area contributed by atoms with Gasteiger partial charge in [0, 0.05) is 24.7 Å². The second-order valence-electron chi connectivity index (χ2n) is 9.52. The molecular formula is C26H29F4N3O3. The van der Waals surface area contributed by atoms with Crippen LogP contribution in [0.2, 0.25) is 0 Å². The normalized spacial score (nSPS) is 24.9. The van der Waals surface area contributed by atoms with Crippen LogP contribution < -0.4 is 10.6 Å². The van der Waals surface area contributed by atoms with Crippen LogP contribution in [0, 0.1) is 5.82 Å². The van der Waals surface area contributed by atoms with Crippen molar-refractivity contribution in [3.63, 3.8) is 0 Å². The number of nitrogens with one attached hydrogen (secondary N) is 2. The quantitative estimate of drug-likeness (QED) is 0.524. The van der Waals surface area contributed by atoms with Crippen LogP contribution in [0.15, 0.2) is 48.5 Å². The predicted octanol–water partition coefficient (Wildman–Crippen LogP) is 3.46. The van der Waals surface area contributed by atoms with Gasteiger partial charge in [-0.15, -0.1) is 0 Å². The lowest BCUT2D eigenvalue weighted by Gasteiger charge is -2.34. The molecule has 6 nitrogen and oxygen atoms in total.